The number of hydrogen-bond acceptors (Lipinski definition) is 2. The van der Waals surface area contributed by atoms with Crippen LogP contribution in [0.25, 0.3) is 0 Å². The average molecular weight is 302 g/mol. The van der Waals surface area contributed by atoms with Crippen molar-refractivity contribution in [3.05, 3.63) is 29.3 Å². The summed E-state index contributed by atoms with van der Waals surface area (Å²) in [5.74, 6) is 0. The van der Waals surface area contributed by atoms with Crippen molar-refractivity contribution < 1.29 is 8.42 Å². The maximum Gasteiger partial charge on any atom is 0.243 e. The van der Waals surface area contributed by atoms with Gasteiger partial charge in [-0.1, -0.05) is 37.8 Å². The minimum absolute atomic E-state index is 0.152. The lowest BCUT2D eigenvalue weighted by Crippen LogP contribution is -2.41. The van der Waals surface area contributed by atoms with Crippen LogP contribution in [0.3, 0.4) is 0 Å². The summed E-state index contributed by atoms with van der Waals surface area (Å²) < 4.78 is 27.0. The van der Waals surface area contributed by atoms with Gasteiger partial charge in [-0.2, -0.15) is 4.31 Å². The van der Waals surface area contributed by atoms with Crippen LogP contribution in [-0.2, 0) is 10.0 Å². The zero-order valence-corrected chi connectivity index (χ0v) is 12.8. The molecule has 0 aromatic heterocycles. The Hall–Kier alpha value is -0.580. The Morgan fingerprint density at radius 1 is 1.16 bits per heavy atom. The highest BCUT2D eigenvalue weighted by Gasteiger charge is 2.30. The van der Waals surface area contributed by atoms with Crippen LogP contribution in [0.1, 0.15) is 39.0 Å². The molecule has 1 aliphatic rings. The van der Waals surface area contributed by atoms with E-state index in [9.17, 15) is 8.42 Å². The molecule has 3 nitrogen and oxygen atoms in total. The van der Waals surface area contributed by atoms with Gasteiger partial charge in [0.1, 0.15) is 0 Å². The number of benzene rings is 1. The van der Waals surface area contributed by atoms with E-state index in [4.69, 9.17) is 11.6 Å². The van der Waals surface area contributed by atoms with Crippen molar-refractivity contribution in [3.63, 3.8) is 0 Å². The molecule has 5 heteroatoms. The van der Waals surface area contributed by atoms with Gasteiger partial charge in [0.25, 0.3) is 0 Å². The Morgan fingerprint density at radius 3 is 2.26 bits per heavy atom. The molecule has 1 aromatic carbocycles. The lowest BCUT2D eigenvalue weighted by molar-refractivity contribution is 0.261. The van der Waals surface area contributed by atoms with Crippen molar-refractivity contribution in [1.82, 2.24) is 4.31 Å². The summed E-state index contributed by atoms with van der Waals surface area (Å²) in [5, 5.41) is 0.555. The number of sulfonamides is 1. The molecule has 2 rings (SSSR count). The van der Waals surface area contributed by atoms with Crippen molar-refractivity contribution in [2.75, 3.05) is 6.54 Å². The van der Waals surface area contributed by atoms with Crippen LogP contribution in [0.5, 0.6) is 0 Å². The molecule has 1 fully saturated rings. The maximum absolute atomic E-state index is 12.7. The SMILES string of the molecule is CCN(C1CCCCC1)S(=O)(=O)c1ccc(Cl)cc1. The molecule has 0 heterocycles. The summed E-state index contributed by atoms with van der Waals surface area (Å²) in [6.45, 7) is 2.43. The van der Waals surface area contributed by atoms with Gasteiger partial charge in [0, 0.05) is 17.6 Å². The van der Waals surface area contributed by atoms with Gasteiger partial charge in [-0.15, -0.1) is 0 Å². The fourth-order valence-corrected chi connectivity index (χ4v) is 4.56. The normalized spacial score (nSPS) is 17.8. The van der Waals surface area contributed by atoms with E-state index in [1.807, 2.05) is 6.92 Å². The summed E-state index contributed by atoms with van der Waals surface area (Å²) in [5.41, 5.74) is 0. The van der Waals surface area contributed by atoms with Crippen LogP contribution in [-0.4, -0.2) is 25.3 Å². The van der Waals surface area contributed by atoms with Gasteiger partial charge in [0.15, 0.2) is 0 Å². The third-order valence-corrected chi connectivity index (χ3v) is 6.01. The second-order valence-corrected chi connectivity index (χ2v) is 7.28. The quantitative estimate of drug-likeness (QED) is 0.850. The van der Waals surface area contributed by atoms with Gasteiger partial charge >= 0.3 is 0 Å². The predicted molar refractivity (Wildman–Crippen MR) is 77.9 cm³/mol. The topological polar surface area (TPSA) is 37.4 Å². The molecule has 1 aliphatic carbocycles. The van der Waals surface area contributed by atoms with Crippen LogP contribution in [0.15, 0.2) is 29.2 Å². The van der Waals surface area contributed by atoms with Crippen molar-refractivity contribution >= 4 is 21.6 Å². The number of nitrogens with zero attached hydrogens (tertiary/aromatic N) is 1. The maximum atomic E-state index is 12.7. The highest BCUT2D eigenvalue weighted by atomic mass is 35.5. The summed E-state index contributed by atoms with van der Waals surface area (Å²) in [6.07, 6.45) is 5.41. The molecule has 1 saturated carbocycles. The largest absolute Gasteiger partial charge is 0.243 e. The summed E-state index contributed by atoms with van der Waals surface area (Å²) >= 11 is 5.82. The van der Waals surface area contributed by atoms with Gasteiger partial charge in [-0.3, -0.25) is 0 Å². The molecule has 19 heavy (non-hydrogen) atoms. The molecule has 0 saturated heterocycles. The lowest BCUT2D eigenvalue weighted by Gasteiger charge is -2.32. The van der Waals surface area contributed by atoms with Crippen LogP contribution < -0.4 is 0 Å². The van der Waals surface area contributed by atoms with Gasteiger partial charge in [-0.05, 0) is 37.1 Å². The number of hydrogen-bond donors (Lipinski definition) is 0. The molecule has 0 radical (unpaired) electrons. The third-order valence-electron chi connectivity index (χ3n) is 3.71. The predicted octanol–water partition coefficient (Wildman–Crippen LogP) is 3.68. The van der Waals surface area contributed by atoms with Crippen LogP contribution in [0, 0.1) is 0 Å². The molecule has 0 spiro atoms. The molecule has 0 bridgehead atoms. The third kappa shape index (κ3) is 3.30. The Morgan fingerprint density at radius 2 is 1.74 bits per heavy atom. The number of rotatable bonds is 4. The Labute approximate surface area is 120 Å². The van der Waals surface area contributed by atoms with E-state index in [-0.39, 0.29) is 6.04 Å². The first-order chi connectivity index (χ1) is 9.05. The van der Waals surface area contributed by atoms with Crippen LogP contribution >= 0.6 is 11.6 Å². The zero-order valence-electron chi connectivity index (χ0n) is 11.2. The monoisotopic (exact) mass is 301 g/mol. The minimum atomic E-state index is -3.39. The van der Waals surface area contributed by atoms with Crippen molar-refractivity contribution in [2.45, 2.75) is 50.0 Å². The molecule has 0 amide bonds. The fourth-order valence-electron chi connectivity index (χ4n) is 2.74. The highest BCUT2D eigenvalue weighted by Crippen LogP contribution is 2.28. The second-order valence-electron chi connectivity index (χ2n) is 4.95. The van der Waals surface area contributed by atoms with Gasteiger partial charge in [0.05, 0.1) is 4.90 Å². The van der Waals surface area contributed by atoms with Gasteiger partial charge in [-0.25, -0.2) is 8.42 Å². The summed E-state index contributed by atoms with van der Waals surface area (Å²) in [7, 11) is -3.39. The smallest absolute Gasteiger partial charge is 0.207 e. The van der Waals surface area contributed by atoms with Crippen molar-refractivity contribution in [1.29, 1.82) is 0 Å². The van der Waals surface area contributed by atoms with E-state index < -0.39 is 10.0 Å². The van der Waals surface area contributed by atoms with Gasteiger partial charge in [0.2, 0.25) is 10.0 Å². The molecule has 0 atom stereocenters. The first-order valence-corrected chi connectivity index (χ1v) is 8.65. The summed E-state index contributed by atoms with van der Waals surface area (Å²) in [6, 6.07) is 6.58. The lowest BCUT2D eigenvalue weighted by atomic mass is 9.95. The fraction of sp³-hybridized carbons (Fsp3) is 0.571. The Kier molecular flexibility index (Phi) is 4.87. The van der Waals surface area contributed by atoms with E-state index in [0.29, 0.717) is 16.5 Å². The van der Waals surface area contributed by atoms with E-state index in [2.05, 4.69) is 0 Å². The van der Waals surface area contributed by atoms with Gasteiger partial charge < -0.3 is 0 Å². The molecule has 0 unspecified atom stereocenters. The molecule has 0 N–H and O–H groups in total. The molecule has 1 aromatic rings. The van der Waals surface area contributed by atoms with Crippen molar-refractivity contribution in [2.24, 2.45) is 0 Å². The standard InChI is InChI=1S/C14H20ClNO2S/c1-2-16(13-6-4-3-5-7-13)19(17,18)14-10-8-12(15)9-11-14/h8-11,13H,2-7H2,1H3. The summed E-state index contributed by atoms with van der Waals surface area (Å²) in [4.78, 5) is 0.337. The van der Waals surface area contributed by atoms with Crippen LogP contribution in [0.4, 0.5) is 0 Å². The first kappa shape index (κ1) is 14.8. The first-order valence-electron chi connectivity index (χ1n) is 6.83. The molecule has 106 valence electrons. The van der Waals surface area contributed by atoms with Crippen LogP contribution in [0.2, 0.25) is 5.02 Å². The highest BCUT2D eigenvalue weighted by molar-refractivity contribution is 7.89. The Balaban J connectivity index is 2.27. The molecule has 0 aliphatic heterocycles. The van der Waals surface area contributed by atoms with E-state index in [1.165, 1.54) is 6.42 Å². The molecular formula is C14H20ClNO2S. The molecular weight excluding hydrogens is 282 g/mol. The van der Waals surface area contributed by atoms with E-state index in [1.54, 1.807) is 28.6 Å². The average Bonchev–Trinajstić information content (AvgIpc) is 2.41. The minimum Gasteiger partial charge on any atom is -0.207 e. The second kappa shape index (κ2) is 6.25. The Bertz CT molecular complexity index is 507. The zero-order chi connectivity index (χ0) is 13.9. The van der Waals surface area contributed by atoms with E-state index in [0.717, 1.165) is 25.7 Å². The van der Waals surface area contributed by atoms with E-state index >= 15 is 0 Å². The van der Waals surface area contributed by atoms with Crippen molar-refractivity contribution in [3.8, 4) is 0 Å². The number of halogens is 1.